The van der Waals surface area contributed by atoms with Gasteiger partial charge in [-0.05, 0) is 24.3 Å². The number of aromatic carboxylic acids is 1. The molecule has 110 valence electrons. The third kappa shape index (κ3) is 3.92. The van der Waals surface area contributed by atoms with Crippen LogP contribution in [0.3, 0.4) is 0 Å². The SMILES string of the molecule is CN(CCc1ccccn1)C(=O)Cn1cccc1C(=O)O. The van der Waals surface area contributed by atoms with Crippen molar-refractivity contribution in [1.29, 1.82) is 0 Å². The molecule has 0 aliphatic carbocycles. The highest BCUT2D eigenvalue weighted by Crippen LogP contribution is 2.04. The molecular formula is C15H17N3O3. The van der Waals surface area contributed by atoms with Crippen LogP contribution in [0.4, 0.5) is 0 Å². The van der Waals surface area contributed by atoms with Crippen molar-refractivity contribution >= 4 is 11.9 Å². The Bertz CT molecular complexity index is 622. The standard InChI is InChI=1S/C15H17N3O3/c1-17(10-7-12-5-2-3-8-16-12)14(19)11-18-9-4-6-13(18)15(20)21/h2-6,8-9H,7,10-11H2,1H3,(H,20,21). The molecule has 0 saturated heterocycles. The predicted octanol–water partition coefficient (Wildman–Crippen LogP) is 1.28. The van der Waals surface area contributed by atoms with E-state index in [1.165, 1.54) is 10.6 Å². The minimum atomic E-state index is -1.04. The van der Waals surface area contributed by atoms with Crippen LogP contribution >= 0.6 is 0 Å². The highest BCUT2D eigenvalue weighted by Gasteiger charge is 2.14. The van der Waals surface area contributed by atoms with Crippen molar-refractivity contribution in [2.24, 2.45) is 0 Å². The normalized spacial score (nSPS) is 10.3. The number of carboxylic acid groups (broad SMARTS) is 1. The number of pyridine rings is 1. The van der Waals surface area contributed by atoms with E-state index in [-0.39, 0.29) is 18.1 Å². The number of nitrogens with zero attached hydrogens (tertiary/aromatic N) is 3. The van der Waals surface area contributed by atoms with Gasteiger partial charge in [-0.1, -0.05) is 6.07 Å². The van der Waals surface area contributed by atoms with Crippen molar-refractivity contribution in [2.45, 2.75) is 13.0 Å². The fourth-order valence-electron chi connectivity index (χ4n) is 1.97. The predicted molar refractivity (Wildman–Crippen MR) is 77.0 cm³/mol. The van der Waals surface area contributed by atoms with Crippen LogP contribution in [-0.2, 0) is 17.8 Å². The maximum Gasteiger partial charge on any atom is 0.352 e. The van der Waals surface area contributed by atoms with Gasteiger partial charge >= 0.3 is 5.97 Å². The minimum absolute atomic E-state index is 0.0212. The molecular weight excluding hydrogens is 270 g/mol. The zero-order valence-electron chi connectivity index (χ0n) is 11.8. The molecule has 0 aliphatic rings. The molecule has 0 saturated carbocycles. The molecule has 0 unspecified atom stereocenters. The molecule has 1 N–H and O–H groups in total. The van der Waals surface area contributed by atoms with E-state index < -0.39 is 5.97 Å². The molecule has 2 aromatic heterocycles. The van der Waals surface area contributed by atoms with Crippen molar-refractivity contribution in [2.75, 3.05) is 13.6 Å². The fourth-order valence-corrected chi connectivity index (χ4v) is 1.97. The van der Waals surface area contributed by atoms with Gasteiger partial charge in [-0.3, -0.25) is 9.78 Å². The zero-order valence-corrected chi connectivity index (χ0v) is 11.8. The number of hydrogen-bond donors (Lipinski definition) is 1. The van der Waals surface area contributed by atoms with E-state index in [1.54, 1.807) is 30.4 Å². The third-order valence-corrected chi connectivity index (χ3v) is 3.21. The molecule has 0 atom stereocenters. The first-order valence-electron chi connectivity index (χ1n) is 6.60. The van der Waals surface area contributed by atoms with Crippen LogP contribution in [0.1, 0.15) is 16.2 Å². The summed E-state index contributed by atoms with van der Waals surface area (Å²) in [6.45, 7) is 0.562. The van der Waals surface area contributed by atoms with Crippen LogP contribution in [-0.4, -0.2) is 45.0 Å². The van der Waals surface area contributed by atoms with Gasteiger partial charge in [-0.15, -0.1) is 0 Å². The molecule has 0 bridgehead atoms. The highest BCUT2D eigenvalue weighted by atomic mass is 16.4. The second kappa shape index (κ2) is 6.69. The molecule has 2 heterocycles. The van der Waals surface area contributed by atoms with Crippen molar-refractivity contribution in [3.63, 3.8) is 0 Å². The smallest absolute Gasteiger partial charge is 0.352 e. The van der Waals surface area contributed by atoms with E-state index in [1.807, 2.05) is 18.2 Å². The van der Waals surface area contributed by atoms with Crippen molar-refractivity contribution in [3.05, 3.63) is 54.1 Å². The van der Waals surface area contributed by atoms with Crippen molar-refractivity contribution in [1.82, 2.24) is 14.5 Å². The third-order valence-electron chi connectivity index (χ3n) is 3.21. The number of carboxylic acids is 1. The quantitative estimate of drug-likeness (QED) is 0.868. The molecule has 6 nitrogen and oxygen atoms in total. The van der Waals surface area contributed by atoms with Crippen molar-refractivity contribution in [3.8, 4) is 0 Å². The van der Waals surface area contributed by atoms with Gasteiger partial charge in [0.1, 0.15) is 12.2 Å². The van der Waals surface area contributed by atoms with E-state index >= 15 is 0 Å². The molecule has 0 fully saturated rings. The average Bonchev–Trinajstić information content (AvgIpc) is 2.94. The molecule has 2 rings (SSSR count). The Balaban J connectivity index is 1.90. The zero-order chi connectivity index (χ0) is 15.2. The largest absolute Gasteiger partial charge is 0.477 e. The summed E-state index contributed by atoms with van der Waals surface area (Å²) in [5, 5.41) is 9.00. The lowest BCUT2D eigenvalue weighted by Crippen LogP contribution is -2.32. The molecule has 0 spiro atoms. The molecule has 2 aromatic rings. The Hall–Kier alpha value is -2.63. The number of hydrogen-bond acceptors (Lipinski definition) is 3. The van der Waals surface area contributed by atoms with Crippen LogP contribution in [0.5, 0.6) is 0 Å². The number of rotatable bonds is 6. The minimum Gasteiger partial charge on any atom is -0.477 e. The molecule has 21 heavy (non-hydrogen) atoms. The summed E-state index contributed by atoms with van der Waals surface area (Å²) in [6.07, 6.45) is 3.98. The summed E-state index contributed by atoms with van der Waals surface area (Å²) in [7, 11) is 1.70. The Morgan fingerprint density at radius 3 is 2.76 bits per heavy atom. The van der Waals surface area contributed by atoms with E-state index in [0.29, 0.717) is 13.0 Å². The van der Waals surface area contributed by atoms with Crippen LogP contribution in [0.25, 0.3) is 0 Å². The highest BCUT2D eigenvalue weighted by molar-refractivity contribution is 5.86. The molecule has 1 amide bonds. The maximum absolute atomic E-state index is 12.1. The Labute approximate surface area is 122 Å². The molecule has 6 heteroatoms. The molecule has 0 radical (unpaired) electrons. The Morgan fingerprint density at radius 1 is 1.29 bits per heavy atom. The van der Waals surface area contributed by atoms with Crippen molar-refractivity contribution < 1.29 is 14.7 Å². The second-order valence-corrected chi connectivity index (χ2v) is 4.71. The Kier molecular flexibility index (Phi) is 4.71. The average molecular weight is 287 g/mol. The first-order chi connectivity index (χ1) is 10.1. The lowest BCUT2D eigenvalue weighted by molar-refractivity contribution is -0.130. The van der Waals surface area contributed by atoms with Gasteiger partial charge in [0.2, 0.25) is 5.91 Å². The van der Waals surface area contributed by atoms with Gasteiger partial charge in [-0.25, -0.2) is 4.79 Å². The van der Waals surface area contributed by atoms with Crippen LogP contribution in [0.2, 0.25) is 0 Å². The topological polar surface area (TPSA) is 75.4 Å². The van der Waals surface area contributed by atoms with Gasteiger partial charge in [0.15, 0.2) is 0 Å². The lowest BCUT2D eigenvalue weighted by Gasteiger charge is -2.17. The van der Waals surface area contributed by atoms with Gasteiger partial charge in [-0.2, -0.15) is 0 Å². The number of likely N-dealkylation sites (N-methyl/N-ethyl adjacent to an activating group) is 1. The van der Waals surface area contributed by atoms with Crippen LogP contribution < -0.4 is 0 Å². The van der Waals surface area contributed by atoms with E-state index in [9.17, 15) is 9.59 Å². The van der Waals surface area contributed by atoms with Gasteiger partial charge in [0.05, 0.1) is 0 Å². The summed E-state index contributed by atoms with van der Waals surface area (Å²) in [4.78, 5) is 28.9. The van der Waals surface area contributed by atoms with Crippen LogP contribution in [0, 0.1) is 0 Å². The first kappa shape index (κ1) is 14.8. The van der Waals surface area contributed by atoms with E-state index in [0.717, 1.165) is 5.69 Å². The lowest BCUT2D eigenvalue weighted by atomic mass is 10.2. The van der Waals surface area contributed by atoms with E-state index in [2.05, 4.69) is 4.98 Å². The second-order valence-electron chi connectivity index (χ2n) is 4.71. The summed E-state index contributed by atoms with van der Waals surface area (Å²) in [5.41, 5.74) is 1.03. The molecule has 0 aromatic carbocycles. The van der Waals surface area contributed by atoms with Gasteiger partial charge in [0.25, 0.3) is 0 Å². The maximum atomic E-state index is 12.1. The van der Waals surface area contributed by atoms with Gasteiger partial charge < -0.3 is 14.6 Å². The number of carbonyl (C=O) groups is 2. The first-order valence-corrected chi connectivity index (χ1v) is 6.60. The fraction of sp³-hybridized carbons (Fsp3) is 0.267. The number of aromatic nitrogens is 2. The summed E-state index contributed by atoms with van der Waals surface area (Å²) in [6, 6.07) is 8.75. The summed E-state index contributed by atoms with van der Waals surface area (Å²) >= 11 is 0. The summed E-state index contributed by atoms with van der Waals surface area (Å²) in [5.74, 6) is -1.17. The van der Waals surface area contributed by atoms with Gasteiger partial charge in [0, 0.05) is 38.1 Å². The summed E-state index contributed by atoms with van der Waals surface area (Å²) < 4.78 is 1.43. The Morgan fingerprint density at radius 2 is 2.10 bits per heavy atom. The van der Waals surface area contributed by atoms with E-state index in [4.69, 9.17) is 5.11 Å². The number of carbonyl (C=O) groups excluding carboxylic acids is 1. The monoisotopic (exact) mass is 287 g/mol. The number of amides is 1. The molecule has 0 aliphatic heterocycles. The van der Waals surface area contributed by atoms with Crippen LogP contribution in [0.15, 0.2) is 42.7 Å².